The summed E-state index contributed by atoms with van der Waals surface area (Å²) in [6.45, 7) is 4.84. The average Bonchev–Trinajstić information content (AvgIpc) is 2.60. The number of nitrogens with zero attached hydrogens (tertiary/aromatic N) is 1. The van der Waals surface area contributed by atoms with Gasteiger partial charge >= 0.3 is 5.97 Å². The van der Waals surface area contributed by atoms with E-state index in [0.717, 1.165) is 41.6 Å². The van der Waals surface area contributed by atoms with Crippen LogP contribution in [0.1, 0.15) is 47.6 Å². The number of halogens is 2. The molecule has 0 saturated carbocycles. The number of carboxylic acids is 1. The molecule has 26 heavy (non-hydrogen) atoms. The van der Waals surface area contributed by atoms with Crippen LogP contribution in [0.5, 0.6) is 0 Å². The molecule has 0 amide bonds. The van der Waals surface area contributed by atoms with Gasteiger partial charge in [-0.3, -0.25) is 9.69 Å². The van der Waals surface area contributed by atoms with E-state index in [9.17, 15) is 9.90 Å². The van der Waals surface area contributed by atoms with Gasteiger partial charge in [-0.2, -0.15) is 0 Å². The zero-order chi connectivity index (χ0) is 18.8. The monoisotopic (exact) mass is 391 g/mol. The van der Waals surface area contributed by atoms with Gasteiger partial charge in [0.2, 0.25) is 0 Å². The topological polar surface area (TPSA) is 40.5 Å². The summed E-state index contributed by atoms with van der Waals surface area (Å²) in [4.78, 5) is 14.0. The standard InChI is InChI=1S/C21H23Cl2NO2/c1-13-6-7-14(2)17(11-13)20(16-9-8-15(22)12-18(16)23)24-10-4-3-5-19(24)21(25)26/h6-9,11-12,19-20H,3-5,10H2,1-2H3,(H,25,26). The fourth-order valence-corrected chi connectivity index (χ4v) is 4.34. The highest BCUT2D eigenvalue weighted by molar-refractivity contribution is 6.35. The molecule has 2 aromatic rings. The van der Waals surface area contributed by atoms with Gasteiger partial charge in [0.05, 0.1) is 6.04 Å². The fraction of sp³-hybridized carbons (Fsp3) is 0.381. The molecule has 3 nitrogen and oxygen atoms in total. The number of rotatable bonds is 4. The molecule has 138 valence electrons. The molecule has 0 aromatic heterocycles. The maximum atomic E-state index is 11.9. The third-order valence-corrected chi connectivity index (χ3v) is 5.71. The maximum absolute atomic E-state index is 11.9. The van der Waals surface area contributed by atoms with Gasteiger partial charge in [-0.25, -0.2) is 0 Å². The summed E-state index contributed by atoms with van der Waals surface area (Å²) in [5, 5.41) is 10.9. The second-order valence-electron chi connectivity index (χ2n) is 7.02. The van der Waals surface area contributed by atoms with E-state index in [1.54, 1.807) is 6.07 Å². The molecule has 0 aliphatic carbocycles. The first kappa shape index (κ1) is 19.2. The normalized spacial score (nSPS) is 19.3. The lowest BCUT2D eigenvalue weighted by Gasteiger charge is -2.40. The van der Waals surface area contributed by atoms with Crippen molar-refractivity contribution in [3.05, 3.63) is 68.7 Å². The first-order chi connectivity index (χ1) is 12.4. The number of carboxylic acid groups (broad SMARTS) is 1. The molecule has 1 aliphatic rings. The lowest BCUT2D eigenvalue weighted by Crippen LogP contribution is -2.47. The predicted molar refractivity (Wildman–Crippen MR) is 106 cm³/mol. The van der Waals surface area contributed by atoms with Gasteiger partial charge in [0.1, 0.15) is 6.04 Å². The van der Waals surface area contributed by atoms with E-state index in [-0.39, 0.29) is 6.04 Å². The zero-order valence-corrected chi connectivity index (χ0v) is 16.5. The van der Waals surface area contributed by atoms with Gasteiger partial charge in [-0.15, -0.1) is 0 Å². The Bertz CT molecular complexity index is 822. The van der Waals surface area contributed by atoms with Gasteiger partial charge in [-0.05, 0) is 62.1 Å². The van der Waals surface area contributed by atoms with Crippen LogP contribution in [0.25, 0.3) is 0 Å². The lowest BCUT2D eigenvalue weighted by atomic mass is 9.89. The minimum Gasteiger partial charge on any atom is -0.480 e. The summed E-state index contributed by atoms with van der Waals surface area (Å²) < 4.78 is 0. The smallest absolute Gasteiger partial charge is 0.320 e. The number of benzene rings is 2. The number of carbonyl (C=O) groups is 1. The molecular formula is C21H23Cl2NO2. The van der Waals surface area contributed by atoms with Crippen LogP contribution in [0.2, 0.25) is 10.0 Å². The summed E-state index contributed by atoms with van der Waals surface area (Å²) in [6, 6.07) is 11.0. The molecule has 3 rings (SSSR count). The van der Waals surface area contributed by atoms with Crippen LogP contribution >= 0.6 is 23.2 Å². The summed E-state index contributed by atoms with van der Waals surface area (Å²) in [5.41, 5.74) is 4.27. The molecule has 0 bridgehead atoms. The Hall–Kier alpha value is -1.55. The van der Waals surface area contributed by atoms with Crippen molar-refractivity contribution < 1.29 is 9.90 Å². The van der Waals surface area contributed by atoms with Crippen LogP contribution in [0.4, 0.5) is 0 Å². The number of likely N-dealkylation sites (tertiary alicyclic amines) is 1. The molecule has 1 fully saturated rings. The molecule has 1 N–H and O–H groups in total. The van der Waals surface area contributed by atoms with E-state index < -0.39 is 12.0 Å². The van der Waals surface area contributed by atoms with Crippen LogP contribution in [0, 0.1) is 13.8 Å². The van der Waals surface area contributed by atoms with E-state index in [4.69, 9.17) is 23.2 Å². The van der Waals surface area contributed by atoms with Crippen molar-refractivity contribution in [3.63, 3.8) is 0 Å². The predicted octanol–water partition coefficient (Wildman–Crippen LogP) is 5.64. The Morgan fingerprint density at radius 1 is 1.12 bits per heavy atom. The maximum Gasteiger partial charge on any atom is 0.320 e. The molecule has 2 atom stereocenters. The number of hydrogen-bond donors (Lipinski definition) is 1. The highest BCUT2D eigenvalue weighted by atomic mass is 35.5. The van der Waals surface area contributed by atoms with E-state index in [1.807, 2.05) is 19.1 Å². The van der Waals surface area contributed by atoms with Gasteiger partial charge in [0, 0.05) is 10.0 Å². The molecule has 1 heterocycles. The minimum absolute atomic E-state index is 0.207. The molecule has 1 aliphatic heterocycles. The van der Waals surface area contributed by atoms with Crippen LogP contribution in [0.3, 0.4) is 0 Å². The molecule has 5 heteroatoms. The summed E-state index contributed by atoms with van der Waals surface area (Å²) in [7, 11) is 0. The highest BCUT2D eigenvalue weighted by Crippen LogP contribution is 2.39. The number of aryl methyl sites for hydroxylation is 2. The van der Waals surface area contributed by atoms with Crippen LogP contribution < -0.4 is 0 Å². The average molecular weight is 392 g/mol. The third kappa shape index (κ3) is 3.90. The molecule has 2 aromatic carbocycles. The zero-order valence-electron chi connectivity index (χ0n) is 15.0. The van der Waals surface area contributed by atoms with Gasteiger partial charge in [0.15, 0.2) is 0 Å². The Kier molecular flexibility index (Phi) is 5.91. The van der Waals surface area contributed by atoms with Gasteiger partial charge in [0.25, 0.3) is 0 Å². The summed E-state index contributed by atoms with van der Waals surface area (Å²) in [5.74, 6) is -0.773. The van der Waals surface area contributed by atoms with Gasteiger partial charge < -0.3 is 5.11 Å². The Balaban J connectivity index is 2.18. The SMILES string of the molecule is Cc1ccc(C)c(C(c2ccc(Cl)cc2Cl)N2CCCCC2C(=O)O)c1. The lowest BCUT2D eigenvalue weighted by molar-refractivity contribution is -0.145. The number of aliphatic carboxylic acids is 1. The number of hydrogen-bond acceptors (Lipinski definition) is 2. The van der Waals surface area contributed by atoms with Crippen LogP contribution in [0.15, 0.2) is 36.4 Å². The molecule has 2 unspecified atom stereocenters. The van der Waals surface area contributed by atoms with Crippen molar-refractivity contribution in [1.29, 1.82) is 0 Å². The molecule has 1 saturated heterocycles. The summed E-state index contributed by atoms with van der Waals surface area (Å²) in [6.07, 6.45) is 2.57. The second-order valence-corrected chi connectivity index (χ2v) is 7.86. The van der Waals surface area contributed by atoms with E-state index in [1.165, 1.54) is 0 Å². The Morgan fingerprint density at radius 3 is 2.58 bits per heavy atom. The molecule has 0 spiro atoms. The Morgan fingerprint density at radius 2 is 1.88 bits per heavy atom. The molecular weight excluding hydrogens is 369 g/mol. The highest BCUT2D eigenvalue weighted by Gasteiger charge is 2.36. The fourth-order valence-electron chi connectivity index (χ4n) is 3.83. The third-order valence-electron chi connectivity index (χ3n) is 5.15. The quantitative estimate of drug-likeness (QED) is 0.732. The molecule has 0 radical (unpaired) electrons. The van der Waals surface area contributed by atoms with Gasteiger partial charge in [-0.1, -0.05) is 59.5 Å². The first-order valence-electron chi connectivity index (χ1n) is 8.89. The first-order valence-corrected chi connectivity index (χ1v) is 9.64. The van der Waals surface area contributed by atoms with Crippen LogP contribution in [-0.2, 0) is 4.79 Å². The van der Waals surface area contributed by atoms with Crippen molar-refractivity contribution >= 4 is 29.2 Å². The number of piperidine rings is 1. The minimum atomic E-state index is -0.773. The van der Waals surface area contributed by atoms with Crippen molar-refractivity contribution in [1.82, 2.24) is 4.90 Å². The van der Waals surface area contributed by atoms with Crippen molar-refractivity contribution in [2.75, 3.05) is 6.54 Å². The van der Waals surface area contributed by atoms with E-state index in [2.05, 4.69) is 30.0 Å². The van der Waals surface area contributed by atoms with Crippen LogP contribution in [-0.4, -0.2) is 28.6 Å². The Labute approximate surface area is 164 Å². The summed E-state index contributed by atoms with van der Waals surface area (Å²) >= 11 is 12.7. The van der Waals surface area contributed by atoms with Crippen molar-refractivity contribution in [3.8, 4) is 0 Å². The van der Waals surface area contributed by atoms with Crippen molar-refractivity contribution in [2.45, 2.75) is 45.2 Å². The van der Waals surface area contributed by atoms with E-state index in [0.29, 0.717) is 16.5 Å². The van der Waals surface area contributed by atoms with E-state index >= 15 is 0 Å². The van der Waals surface area contributed by atoms with Crippen molar-refractivity contribution in [2.24, 2.45) is 0 Å². The second kappa shape index (κ2) is 7.99. The largest absolute Gasteiger partial charge is 0.480 e.